The summed E-state index contributed by atoms with van der Waals surface area (Å²) in [5.41, 5.74) is 0.921. The molecule has 2 aromatic rings. The Hall–Kier alpha value is -1.79. The second-order valence-electron chi connectivity index (χ2n) is 4.49. The van der Waals surface area contributed by atoms with E-state index in [-0.39, 0.29) is 16.6 Å². The van der Waals surface area contributed by atoms with Gasteiger partial charge in [-0.25, -0.2) is 8.42 Å². The third-order valence-electron chi connectivity index (χ3n) is 2.99. The highest BCUT2D eigenvalue weighted by Crippen LogP contribution is 2.30. The van der Waals surface area contributed by atoms with Crippen molar-refractivity contribution in [3.8, 4) is 0 Å². The number of anilines is 1. The van der Waals surface area contributed by atoms with Crippen LogP contribution in [0.2, 0.25) is 5.15 Å². The zero-order valence-corrected chi connectivity index (χ0v) is 13.4. The quantitative estimate of drug-likeness (QED) is 0.794. The van der Waals surface area contributed by atoms with Crippen LogP contribution >= 0.6 is 11.6 Å². The van der Waals surface area contributed by atoms with E-state index in [4.69, 9.17) is 11.6 Å². The fourth-order valence-corrected chi connectivity index (χ4v) is 4.22. The van der Waals surface area contributed by atoms with Gasteiger partial charge in [-0.1, -0.05) is 35.9 Å². The van der Waals surface area contributed by atoms with Crippen LogP contribution in [0.25, 0.3) is 0 Å². The number of benzene rings is 1. The third-order valence-corrected chi connectivity index (χ3v) is 5.48. The molecule has 2 rings (SSSR count). The Morgan fingerprint density at radius 2 is 2.00 bits per heavy atom. The molecule has 0 fully saturated rings. The number of aromatic nitrogens is 2. The minimum Gasteiger partial charge on any atom is -0.262 e. The van der Waals surface area contributed by atoms with Crippen molar-refractivity contribution in [1.82, 2.24) is 9.78 Å². The van der Waals surface area contributed by atoms with Crippen LogP contribution in [0.3, 0.4) is 0 Å². The number of halogens is 1. The molecule has 0 radical (unpaired) electrons. The summed E-state index contributed by atoms with van der Waals surface area (Å²) in [6, 6.07) is 8.82. The Morgan fingerprint density at radius 3 is 2.48 bits per heavy atom. The van der Waals surface area contributed by atoms with E-state index >= 15 is 0 Å². The molecule has 0 N–H and O–H groups in total. The van der Waals surface area contributed by atoms with Gasteiger partial charge in [0.25, 0.3) is 10.0 Å². The van der Waals surface area contributed by atoms with Crippen molar-refractivity contribution in [1.29, 1.82) is 0 Å². The van der Waals surface area contributed by atoms with Crippen LogP contribution in [0.5, 0.6) is 0 Å². The topological polar surface area (TPSA) is 55.2 Å². The van der Waals surface area contributed by atoms with Gasteiger partial charge in [0, 0.05) is 7.05 Å². The molecule has 5 nitrogen and oxygen atoms in total. The minimum absolute atomic E-state index is 0.0253. The van der Waals surface area contributed by atoms with Crippen LogP contribution in [-0.2, 0) is 17.1 Å². The number of rotatable bonds is 5. The highest BCUT2D eigenvalue weighted by molar-refractivity contribution is 7.93. The average molecular weight is 326 g/mol. The summed E-state index contributed by atoms with van der Waals surface area (Å²) >= 11 is 6.10. The highest BCUT2D eigenvalue weighted by atomic mass is 35.5. The van der Waals surface area contributed by atoms with Gasteiger partial charge < -0.3 is 0 Å². The van der Waals surface area contributed by atoms with E-state index in [1.807, 2.05) is 6.07 Å². The summed E-state index contributed by atoms with van der Waals surface area (Å²) in [5.74, 6) is 0. The molecule has 1 aromatic heterocycles. The molecule has 0 amide bonds. The third kappa shape index (κ3) is 2.82. The van der Waals surface area contributed by atoms with Gasteiger partial charge >= 0.3 is 0 Å². The lowest BCUT2D eigenvalue weighted by atomic mass is 10.3. The largest absolute Gasteiger partial charge is 0.269 e. The molecular formula is C14H16ClN3O2S. The van der Waals surface area contributed by atoms with Crippen molar-refractivity contribution in [2.45, 2.75) is 11.8 Å². The Bertz CT molecular complexity index is 754. The zero-order chi connectivity index (χ0) is 15.6. The number of sulfonamides is 1. The van der Waals surface area contributed by atoms with Crippen LogP contribution in [0.4, 0.5) is 5.69 Å². The van der Waals surface area contributed by atoms with Gasteiger partial charge in [-0.2, -0.15) is 5.10 Å². The lowest BCUT2D eigenvalue weighted by Gasteiger charge is -2.22. The van der Waals surface area contributed by atoms with Crippen LogP contribution in [0.1, 0.15) is 5.69 Å². The number of para-hydroxylation sites is 1. The summed E-state index contributed by atoms with van der Waals surface area (Å²) in [6.07, 6.45) is 1.53. The van der Waals surface area contributed by atoms with E-state index < -0.39 is 10.0 Å². The average Bonchev–Trinajstić information content (AvgIpc) is 2.70. The molecule has 7 heteroatoms. The summed E-state index contributed by atoms with van der Waals surface area (Å²) < 4.78 is 28.4. The SMILES string of the molecule is C=CCN(c1ccccc1)S(=O)(=O)c1c(C)nn(C)c1Cl. The second-order valence-corrected chi connectivity index (χ2v) is 6.65. The number of aryl methyl sites for hydroxylation is 2. The Balaban J connectivity index is 2.61. The first-order valence-corrected chi connectivity index (χ1v) is 8.09. The molecule has 0 spiro atoms. The maximum absolute atomic E-state index is 12.9. The first-order valence-electron chi connectivity index (χ1n) is 6.27. The number of hydrogen-bond acceptors (Lipinski definition) is 3. The van der Waals surface area contributed by atoms with Crippen LogP contribution in [0, 0.1) is 6.92 Å². The van der Waals surface area contributed by atoms with Crippen molar-refractivity contribution < 1.29 is 8.42 Å². The molecule has 0 saturated heterocycles. The lowest BCUT2D eigenvalue weighted by molar-refractivity contribution is 0.592. The number of hydrogen-bond donors (Lipinski definition) is 0. The highest BCUT2D eigenvalue weighted by Gasteiger charge is 2.31. The van der Waals surface area contributed by atoms with Crippen molar-refractivity contribution in [3.63, 3.8) is 0 Å². The fraction of sp³-hybridized carbons (Fsp3) is 0.214. The fourth-order valence-electron chi connectivity index (χ4n) is 2.07. The maximum Gasteiger partial charge on any atom is 0.269 e. The van der Waals surface area contributed by atoms with Crippen LogP contribution in [-0.4, -0.2) is 24.7 Å². The van der Waals surface area contributed by atoms with Crippen molar-refractivity contribution >= 4 is 27.3 Å². The minimum atomic E-state index is -3.81. The smallest absolute Gasteiger partial charge is 0.262 e. The molecule has 21 heavy (non-hydrogen) atoms. The maximum atomic E-state index is 12.9. The van der Waals surface area contributed by atoms with Crippen molar-refractivity contribution in [2.24, 2.45) is 7.05 Å². The summed E-state index contributed by atoms with van der Waals surface area (Å²) in [5, 5.41) is 4.16. The molecule has 0 saturated carbocycles. The van der Waals surface area contributed by atoms with Crippen molar-refractivity contribution in [3.05, 3.63) is 53.8 Å². The van der Waals surface area contributed by atoms with E-state index in [1.165, 1.54) is 15.1 Å². The Labute approximate surface area is 129 Å². The second kappa shape index (κ2) is 5.91. The molecule has 0 aliphatic carbocycles. The van der Waals surface area contributed by atoms with Gasteiger partial charge in [0.1, 0.15) is 10.0 Å². The van der Waals surface area contributed by atoms with E-state index in [2.05, 4.69) is 11.7 Å². The first kappa shape index (κ1) is 15.6. The standard InChI is InChI=1S/C14H16ClN3O2S/c1-4-10-18(12-8-6-5-7-9-12)21(19,20)13-11(2)16-17(3)14(13)15/h4-9H,1,10H2,2-3H3. The molecule has 112 valence electrons. The predicted molar refractivity (Wildman–Crippen MR) is 84.1 cm³/mol. The van der Waals surface area contributed by atoms with Gasteiger partial charge in [-0.05, 0) is 19.1 Å². The van der Waals surface area contributed by atoms with Crippen LogP contribution < -0.4 is 4.31 Å². The molecule has 0 unspecified atom stereocenters. The number of nitrogens with zero attached hydrogens (tertiary/aromatic N) is 3. The molecule has 0 aliphatic heterocycles. The lowest BCUT2D eigenvalue weighted by Crippen LogP contribution is -2.31. The molecule has 0 aliphatic rings. The Morgan fingerprint density at radius 1 is 1.38 bits per heavy atom. The van der Waals surface area contributed by atoms with E-state index in [0.717, 1.165) is 0 Å². The molecule has 0 atom stereocenters. The van der Waals surface area contributed by atoms with Gasteiger partial charge in [-0.3, -0.25) is 8.99 Å². The molecular weight excluding hydrogens is 310 g/mol. The van der Waals surface area contributed by atoms with Gasteiger partial charge in [-0.15, -0.1) is 6.58 Å². The molecule has 0 bridgehead atoms. The van der Waals surface area contributed by atoms with Crippen LogP contribution in [0.15, 0.2) is 47.9 Å². The zero-order valence-electron chi connectivity index (χ0n) is 11.8. The molecule has 1 aromatic carbocycles. The van der Waals surface area contributed by atoms with Gasteiger partial charge in [0.05, 0.1) is 17.9 Å². The summed E-state index contributed by atoms with van der Waals surface area (Å²) in [4.78, 5) is 0.0253. The molecule has 1 heterocycles. The van der Waals surface area contributed by atoms with Gasteiger partial charge in [0.2, 0.25) is 0 Å². The summed E-state index contributed by atoms with van der Waals surface area (Å²) in [6.45, 7) is 5.39. The van der Waals surface area contributed by atoms with Gasteiger partial charge in [0.15, 0.2) is 0 Å². The van der Waals surface area contributed by atoms with Crippen molar-refractivity contribution in [2.75, 3.05) is 10.8 Å². The van der Waals surface area contributed by atoms with E-state index in [1.54, 1.807) is 38.2 Å². The summed E-state index contributed by atoms with van der Waals surface area (Å²) in [7, 11) is -2.20. The van der Waals surface area contributed by atoms with E-state index in [0.29, 0.717) is 11.4 Å². The normalized spacial score (nSPS) is 11.4. The first-order chi connectivity index (χ1) is 9.89. The monoisotopic (exact) mass is 325 g/mol. The van der Waals surface area contributed by atoms with E-state index in [9.17, 15) is 8.42 Å². The predicted octanol–water partition coefficient (Wildman–Crippen LogP) is 2.76. The Kier molecular flexibility index (Phi) is 4.39.